The van der Waals surface area contributed by atoms with Crippen LogP contribution in [0.5, 0.6) is 0 Å². The lowest BCUT2D eigenvalue weighted by molar-refractivity contribution is -0.130. The second-order valence-corrected chi connectivity index (χ2v) is 7.08. The summed E-state index contributed by atoms with van der Waals surface area (Å²) in [5.41, 5.74) is 0.379. The van der Waals surface area contributed by atoms with E-state index in [9.17, 15) is 9.59 Å². The first-order valence-corrected chi connectivity index (χ1v) is 8.24. The highest BCUT2D eigenvalue weighted by Crippen LogP contribution is 2.20. The van der Waals surface area contributed by atoms with Crippen molar-refractivity contribution in [3.05, 3.63) is 18.0 Å². The number of aromatic nitrogens is 2. The van der Waals surface area contributed by atoms with Gasteiger partial charge in [0.1, 0.15) is 5.54 Å². The van der Waals surface area contributed by atoms with Gasteiger partial charge in [-0.05, 0) is 45.7 Å². The predicted molar refractivity (Wildman–Crippen MR) is 85.9 cm³/mol. The summed E-state index contributed by atoms with van der Waals surface area (Å²) in [6.45, 7) is 8.56. The zero-order valence-electron chi connectivity index (χ0n) is 14.1. The Morgan fingerprint density at radius 1 is 1.35 bits per heavy atom. The maximum atomic E-state index is 12.2. The number of nitrogens with one attached hydrogen (secondary N) is 1. The van der Waals surface area contributed by atoms with E-state index in [0.29, 0.717) is 12.6 Å². The molecule has 7 heteroatoms. The minimum atomic E-state index is -0.784. The largest absolute Gasteiger partial charge is 0.325 e. The van der Waals surface area contributed by atoms with Crippen molar-refractivity contribution in [2.24, 2.45) is 0 Å². The van der Waals surface area contributed by atoms with Gasteiger partial charge in [-0.3, -0.25) is 19.3 Å². The average Bonchev–Trinajstić information content (AvgIpc) is 3.12. The van der Waals surface area contributed by atoms with Crippen molar-refractivity contribution >= 4 is 11.9 Å². The number of imide groups is 1. The van der Waals surface area contributed by atoms with Crippen molar-refractivity contribution < 1.29 is 9.59 Å². The number of aryl methyl sites for hydroxylation is 1. The molecule has 0 bridgehead atoms. The second kappa shape index (κ2) is 5.96. The molecule has 3 rings (SSSR count). The number of urea groups is 1. The lowest BCUT2D eigenvalue weighted by atomic mass is 10.1. The smallest absolute Gasteiger partial charge is 0.324 e. The second-order valence-electron chi connectivity index (χ2n) is 7.08. The van der Waals surface area contributed by atoms with E-state index in [0.717, 1.165) is 38.0 Å². The van der Waals surface area contributed by atoms with Gasteiger partial charge in [-0.1, -0.05) is 0 Å². The SMILES string of the molecule is Cc1cnn(C[C@H]2CCCN2CCN2C(=O)NC(C)(C)C2=O)c1. The summed E-state index contributed by atoms with van der Waals surface area (Å²) >= 11 is 0. The maximum absolute atomic E-state index is 12.2. The summed E-state index contributed by atoms with van der Waals surface area (Å²) in [7, 11) is 0. The summed E-state index contributed by atoms with van der Waals surface area (Å²) in [6.07, 6.45) is 6.20. The van der Waals surface area contributed by atoms with Crippen LogP contribution in [-0.2, 0) is 11.3 Å². The monoisotopic (exact) mass is 319 g/mol. The van der Waals surface area contributed by atoms with Crippen molar-refractivity contribution in [3.8, 4) is 0 Å². The molecule has 1 aromatic heterocycles. The number of hydrogen-bond donors (Lipinski definition) is 1. The van der Waals surface area contributed by atoms with Gasteiger partial charge >= 0.3 is 6.03 Å². The maximum Gasteiger partial charge on any atom is 0.325 e. The molecule has 2 aliphatic rings. The van der Waals surface area contributed by atoms with Crippen molar-refractivity contribution in [2.75, 3.05) is 19.6 Å². The molecule has 7 nitrogen and oxygen atoms in total. The van der Waals surface area contributed by atoms with E-state index in [1.807, 2.05) is 17.8 Å². The standard InChI is InChI=1S/C16H25N5O2/c1-12-9-17-20(10-12)11-13-5-4-6-19(13)7-8-21-14(22)16(2,3)18-15(21)23/h9-10,13H,4-8,11H2,1-3H3,(H,18,23)/t13-/m1/s1. The van der Waals surface area contributed by atoms with Crippen LogP contribution < -0.4 is 5.32 Å². The highest BCUT2D eigenvalue weighted by molar-refractivity contribution is 6.06. The molecule has 2 aliphatic heterocycles. The van der Waals surface area contributed by atoms with E-state index in [1.165, 1.54) is 4.90 Å². The number of hydrogen-bond acceptors (Lipinski definition) is 4. The summed E-state index contributed by atoms with van der Waals surface area (Å²) in [4.78, 5) is 27.9. The van der Waals surface area contributed by atoms with Crippen LogP contribution in [0.2, 0.25) is 0 Å². The van der Waals surface area contributed by atoms with Gasteiger partial charge in [0.25, 0.3) is 5.91 Å². The molecule has 0 aliphatic carbocycles. The fourth-order valence-corrected chi connectivity index (χ4v) is 3.43. The fourth-order valence-electron chi connectivity index (χ4n) is 3.43. The Labute approximate surface area is 136 Å². The number of amides is 3. The predicted octanol–water partition coefficient (Wildman–Crippen LogP) is 0.986. The molecule has 0 aromatic carbocycles. The van der Waals surface area contributed by atoms with Gasteiger partial charge in [0, 0.05) is 25.3 Å². The lowest BCUT2D eigenvalue weighted by Crippen LogP contribution is -2.43. The Balaban J connectivity index is 1.57. The van der Waals surface area contributed by atoms with Crippen LogP contribution in [0.4, 0.5) is 4.79 Å². The summed E-state index contributed by atoms with van der Waals surface area (Å²) in [5.74, 6) is -0.138. The van der Waals surface area contributed by atoms with Crippen LogP contribution in [0.15, 0.2) is 12.4 Å². The van der Waals surface area contributed by atoms with E-state index in [-0.39, 0.29) is 11.9 Å². The van der Waals surface area contributed by atoms with Gasteiger partial charge in [0.2, 0.25) is 0 Å². The van der Waals surface area contributed by atoms with Crippen molar-refractivity contribution in [1.82, 2.24) is 24.9 Å². The molecule has 3 amide bonds. The van der Waals surface area contributed by atoms with Gasteiger partial charge in [-0.15, -0.1) is 0 Å². The Morgan fingerprint density at radius 3 is 2.74 bits per heavy atom. The molecule has 0 radical (unpaired) electrons. The molecule has 0 unspecified atom stereocenters. The molecule has 0 spiro atoms. The van der Waals surface area contributed by atoms with Gasteiger partial charge in [0.05, 0.1) is 12.7 Å². The van der Waals surface area contributed by atoms with Gasteiger partial charge in [0.15, 0.2) is 0 Å². The molecule has 2 fully saturated rings. The van der Waals surface area contributed by atoms with E-state index in [1.54, 1.807) is 13.8 Å². The van der Waals surface area contributed by atoms with Gasteiger partial charge < -0.3 is 5.32 Å². The highest BCUT2D eigenvalue weighted by atomic mass is 16.2. The Hall–Kier alpha value is -1.89. The third-order valence-corrected chi connectivity index (χ3v) is 4.71. The van der Waals surface area contributed by atoms with Crippen LogP contribution in [0.25, 0.3) is 0 Å². The first kappa shape index (κ1) is 16.0. The van der Waals surface area contributed by atoms with Crippen molar-refractivity contribution in [1.29, 1.82) is 0 Å². The van der Waals surface area contributed by atoms with Crippen LogP contribution in [-0.4, -0.2) is 62.7 Å². The number of carbonyl (C=O) groups excluding carboxylic acids is 2. The Bertz CT molecular complexity index is 609. The van der Waals surface area contributed by atoms with Crippen LogP contribution >= 0.6 is 0 Å². The molecule has 126 valence electrons. The summed E-state index contributed by atoms with van der Waals surface area (Å²) < 4.78 is 1.98. The summed E-state index contributed by atoms with van der Waals surface area (Å²) in [6, 6.07) is 0.140. The third kappa shape index (κ3) is 3.24. The number of carbonyl (C=O) groups is 2. The van der Waals surface area contributed by atoms with Crippen LogP contribution in [0.1, 0.15) is 32.3 Å². The molecule has 3 heterocycles. The molecule has 1 atom stereocenters. The first-order chi connectivity index (χ1) is 10.9. The Kier molecular flexibility index (Phi) is 4.14. The van der Waals surface area contributed by atoms with E-state index in [4.69, 9.17) is 0 Å². The van der Waals surface area contributed by atoms with Crippen molar-refractivity contribution in [2.45, 2.75) is 51.7 Å². The molecule has 1 aromatic rings. The van der Waals surface area contributed by atoms with E-state index >= 15 is 0 Å². The van der Waals surface area contributed by atoms with Gasteiger partial charge in [-0.2, -0.15) is 5.10 Å². The fraction of sp³-hybridized carbons (Fsp3) is 0.688. The number of nitrogens with zero attached hydrogens (tertiary/aromatic N) is 4. The third-order valence-electron chi connectivity index (χ3n) is 4.71. The van der Waals surface area contributed by atoms with Gasteiger partial charge in [-0.25, -0.2) is 4.79 Å². The minimum Gasteiger partial charge on any atom is -0.324 e. The van der Waals surface area contributed by atoms with E-state index < -0.39 is 5.54 Å². The zero-order chi connectivity index (χ0) is 16.6. The normalized spacial score (nSPS) is 24.5. The minimum absolute atomic E-state index is 0.138. The topological polar surface area (TPSA) is 70.5 Å². The van der Waals surface area contributed by atoms with Crippen LogP contribution in [0, 0.1) is 6.92 Å². The molecule has 23 heavy (non-hydrogen) atoms. The van der Waals surface area contributed by atoms with Crippen LogP contribution in [0.3, 0.4) is 0 Å². The Morgan fingerprint density at radius 2 is 2.13 bits per heavy atom. The molecule has 2 saturated heterocycles. The highest BCUT2D eigenvalue weighted by Gasteiger charge is 2.44. The molecule has 1 N–H and O–H groups in total. The lowest BCUT2D eigenvalue weighted by Gasteiger charge is -2.26. The summed E-state index contributed by atoms with van der Waals surface area (Å²) in [5, 5.41) is 7.08. The number of rotatable bonds is 5. The zero-order valence-corrected chi connectivity index (χ0v) is 14.1. The van der Waals surface area contributed by atoms with Crippen molar-refractivity contribution in [3.63, 3.8) is 0 Å². The molecule has 0 saturated carbocycles. The first-order valence-electron chi connectivity index (χ1n) is 8.24. The average molecular weight is 319 g/mol. The van der Waals surface area contributed by atoms with E-state index in [2.05, 4.69) is 21.5 Å². The number of likely N-dealkylation sites (tertiary alicyclic amines) is 1. The molecular formula is C16H25N5O2. The molecular weight excluding hydrogens is 294 g/mol. The quantitative estimate of drug-likeness (QED) is 0.822.